The first-order valence-corrected chi connectivity index (χ1v) is 6.88. The first-order chi connectivity index (χ1) is 8.82. The van der Waals surface area contributed by atoms with Crippen molar-refractivity contribution in [3.63, 3.8) is 0 Å². The van der Waals surface area contributed by atoms with E-state index in [9.17, 15) is 0 Å². The summed E-state index contributed by atoms with van der Waals surface area (Å²) in [7, 11) is 0. The summed E-state index contributed by atoms with van der Waals surface area (Å²) in [6, 6.07) is 0. The molecule has 2 aromatic heterocycles. The molecule has 0 atom stereocenters. The fourth-order valence-electron chi connectivity index (χ4n) is 1.84. The lowest BCUT2D eigenvalue weighted by atomic mass is 9.95. The molecule has 102 valence electrons. The van der Waals surface area contributed by atoms with Gasteiger partial charge in [0.1, 0.15) is 10.5 Å². The van der Waals surface area contributed by atoms with Crippen molar-refractivity contribution >= 4 is 12.2 Å². The molecule has 5 heteroatoms. The molecule has 0 spiro atoms. The summed E-state index contributed by atoms with van der Waals surface area (Å²) >= 11 is 5.37. The number of hydrogen-bond acceptors (Lipinski definition) is 3. The number of rotatable bonds is 2. The predicted octanol–water partition coefficient (Wildman–Crippen LogP) is 3.63. The molecule has 1 N–H and O–H groups in total. The van der Waals surface area contributed by atoms with Crippen LogP contribution in [0.4, 0.5) is 0 Å². The second-order valence-corrected chi connectivity index (χ2v) is 6.11. The maximum Gasteiger partial charge on any atom is 0.133 e. The Morgan fingerprint density at radius 2 is 2.05 bits per heavy atom. The highest BCUT2D eigenvalue weighted by Crippen LogP contribution is 2.25. The van der Waals surface area contributed by atoms with Crippen molar-refractivity contribution in [1.29, 1.82) is 0 Å². The van der Waals surface area contributed by atoms with Crippen LogP contribution in [0.3, 0.4) is 0 Å². The molecule has 4 nitrogen and oxygen atoms in total. The van der Waals surface area contributed by atoms with E-state index in [0.717, 1.165) is 29.2 Å². The molecule has 0 aromatic carbocycles. The Morgan fingerprint density at radius 1 is 1.37 bits per heavy atom. The van der Waals surface area contributed by atoms with Gasteiger partial charge < -0.3 is 4.98 Å². The van der Waals surface area contributed by atoms with Crippen LogP contribution in [0.5, 0.6) is 0 Å². The van der Waals surface area contributed by atoms with Crippen molar-refractivity contribution in [1.82, 2.24) is 19.7 Å². The number of aromatic nitrogens is 4. The number of nitrogens with one attached hydrogen (secondary N) is 1. The normalized spacial score (nSPS) is 11.8. The largest absolute Gasteiger partial charge is 0.342 e. The van der Waals surface area contributed by atoms with Crippen molar-refractivity contribution in [3.8, 4) is 11.3 Å². The number of H-pyrrole nitrogens is 1. The lowest BCUT2D eigenvalue weighted by molar-refractivity contribution is 0.544. The summed E-state index contributed by atoms with van der Waals surface area (Å²) in [5, 5.41) is 4.32. The van der Waals surface area contributed by atoms with Crippen LogP contribution in [-0.2, 0) is 12.0 Å². The third kappa shape index (κ3) is 2.76. The van der Waals surface area contributed by atoms with E-state index in [1.54, 1.807) is 0 Å². The number of aromatic amines is 1. The summed E-state index contributed by atoms with van der Waals surface area (Å²) in [4.78, 5) is 7.91. The van der Waals surface area contributed by atoms with Gasteiger partial charge in [-0.05, 0) is 13.8 Å². The summed E-state index contributed by atoms with van der Waals surface area (Å²) in [6.45, 7) is 11.3. The summed E-state index contributed by atoms with van der Waals surface area (Å²) < 4.78 is 2.56. The molecule has 0 saturated carbocycles. The van der Waals surface area contributed by atoms with Crippen molar-refractivity contribution in [2.75, 3.05) is 0 Å². The van der Waals surface area contributed by atoms with Crippen LogP contribution < -0.4 is 0 Å². The van der Waals surface area contributed by atoms with Crippen LogP contribution in [0.15, 0.2) is 12.4 Å². The molecule has 0 fully saturated rings. The zero-order valence-electron chi connectivity index (χ0n) is 12.1. The van der Waals surface area contributed by atoms with E-state index in [-0.39, 0.29) is 5.41 Å². The Kier molecular flexibility index (Phi) is 3.58. The van der Waals surface area contributed by atoms with Crippen LogP contribution in [0, 0.1) is 11.6 Å². The van der Waals surface area contributed by atoms with Gasteiger partial charge in [0.15, 0.2) is 0 Å². The van der Waals surface area contributed by atoms with Crippen molar-refractivity contribution in [3.05, 3.63) is 28.4 Å². The van der Waals surface area contributed by atoms with Crippen LogP contribution in [0.25, 0.3) is 11.3 Å². The monoisotopic (exact) mass is 276 g/mol. The molecule has 2 rings (SSSR count). The van der Waals surface area contributed by atoms with Gasteiger partial charge in [0.05, 0.1) is 11.9 Å². The van der Waals surface area contributed by atoms with Crippen LogP contribution in [0.2, 0.25) is 0 Å². The highest BCUT2D eigenvalue weighted by atomic mass is 32.1. The van der Waals surface area contributed by atoms with E-state index in [4.69, 9.17) is 12.2 Å². The Morgan fingerprint density at radius 3 is 2.58 bits per heavy atom. The molecule has 2 heterocycles. The second-order valence-electron chi connectivity index (χ2n) is 5.73. The quantitative estimate of drug-likeness (QED) is 0.852. The fourth-order valence-corrected chi connectivity index (χ4v) is 2.04. The van der Waals surface area contributed by atoms with Gasteiger partial charge in [0, 0.05) is 29.3 Å². The van der Waals surface area contributed by atoms with Crippen LogP contribution in [0.1, 0.15) is 39.1 Å². The van der Waals surface area contributed by atoms with E-state index in [1.165, 1.54) is 0 Å². The molecule has 0 aliphatic heterocycles. The Labute approximate surface area is 118 Å². The summed E-state index contributed by atoms with van der Waals surface area (Å²) in [5.41, 5.74) is 3.01. The number of nitrogens with zero attached hydrogens (tertiary/aromatic N) is 3. The topological polar surface area (TPSA) is 46.5 Å². The fraction of sp³-hybridized carbons (Fsp3) is 0.500. The SMILES string of the molecule is CCn1cc(-c2[nH]c(C(C)(C)C)nc(=S)c2C)cn1. The minimum Gasteiger partial charge on any atom is -0.342 e. The molecule has 0 bridgehead atoms. The number of aryl methyl sites for hydroxylation is 1. The summed E-state index contributed by atoms with van der Waals surface area (Å²) in [6.07, 6.45) is 3.89. The van der Waals surface area contributed by atoms with Gasteiger partial charge in [-0.1, -0.05) is 33.0 Å². The smallest absolute Gasteiger partial charge is 0.133 e. The third-order valence-electron chi connectivity index (χ3n) is 3.11. The standard InChI is InChI=1S/C14H20N4S/c1-6-18-8-10(7-15-18)11-9(2)12(19)17-13(16-11)14(3,4)5/h7-8H,6H2,1-5H3,(H,16,17,19). The van der Waals surface area contributed by atoms with E-state index in [1.807, 2.05) is 24.0 Å². The van der Waals surface area contributed by atoms with Gasteiger partial charge >= 0.3 is 0 Å². The van der Waals surface area contributed by atoms with E-state index >= 15 is 0 Å². The molecular formula is C14H20N4S. The first-order valence-electron chi connectivity index (χ1n) is 6.47. The van der Waals surface area contributed by atoms with Crippen LogP contribution >= 0.6 is 12.2 Å². The maximum atomic E-state index is 5.37. The molecule has 2 aromatic rings. The van der Waals surface area contributed by atoms with Gasteiger partial charge in [0.2, 0.25) is 0 Å². The maximum absolute atomic E-state index is 5.37. The molecule has 0 amide bonds. The molecule has 0 aliphatic rings. The van der Waals surface area contributed by atoms with Crippen molar-refractivity contribution in [2.24, 2.45) is 0 Å². The van der Waals surface area contributed by atoms with Crippen molar-refractivity contribution < 1.29 is 0 Å². The third-order valence-corrected chi connectivity index (χ3v) is 3.51. The second kappa shape index (κ2) is 4.89. The van der Waals surface area contributed by atoms with Gasteiger partial charge in [-0.3, -0.25) is 4.68 Å². The molecular weight excluding hydrogens is 256 g/mol. The van der Waals surface area contributed by atoms with Crippen LogP contribution in [-0.4, -0.2) is 19.7 Å². The lowest BCUT2D eigenvalue weighted by Crippen LogP contribution is -2.17. The highest BCUT2D eigenvalue weighted by Gasteiger charge is 2.19. The zero-order chi connectivity index (χ0) is 14.2. The minimum absolute atomic E-state index is 0.0588. The van der Waals surface area contributed by atoms with E-state index < -0.39 is 0 Å². The highest BCUT2D eigenvalue weighted by molar-refractivity contribution is 7.71. The minimum atomic E-state index is -0.0588. The predicted molar refractivity (Wildman–Crippen MR) is 79.8 cm³/mol. The number of hydrogen-bond donors (Lipinski definition) is 1. The summed E-state index contributed by atoms with van der Waals surface area (Å²) in [5.74, 6) is 0.905. The average molecular weight is 276 g/mol. The zero-order valence-corrected chi connectivity index (χ0v) is 12.9. The Hall–Kier alpha value is -1.49. The Balaban J connectivity index is 2.62. The molecule has 0 radical (unpaired) electrons. The first kappa shape index (κ1) is 13.9. The molecule has 0 aliphatic carbocycles. The average Bonchev–Trinajstić information content (AvgIpc) is 2.79. The molecule has 0 unspecified atom stereocenters. The molecule has 0 saturated heterocycles. The van der Waals surface area contributed by atoms with E-state index in [2.05, 4.69) is 42.8 Å². The van der Waals surface area contributed by atoms with E-state index in [0.29, 0.717) is 4.64 Å². The Bertz CT molecular complexity index is 646. The van der Waals surface area contributed by atoms with Gasteiger partial charge in [0.25, 0.3) is 0 Å². The molecule has 19 heavy (non-hydrogen) atoms. The van der Waals surface area contributed by atoms with Gasteiger partial charge in [-0.15, -0.1) is 0 Å². The lowest BCUT2D eigenvalue weighted by Gasteiger charge is -2.19. The van der Waals surface area contributed by atoms with Gasteiger partial charge in [-0.25, -0.2) is 4.98 Å². The van der Waals surface area contributed by atoms with Gasteiger partial charge in [-0.2, -0.15) is 5.10 Å². The van der Waals surface area contributed by atoms with Crippen molar-refractivity contribution in [2.45, 2.75) is 46.6 Å².